The fraction of sp³-hybridized carbons (Fsp3) is 0.359. The van der Waals surface area contributed by atoms with Gasteiger partial charge in [0.05, 0.1) is 17.3 Å². The van der Waals surface area contributed by atoms with Crippen molar-refractivity contribution in [3.05, 3.63) is 89.6 Å². The first-order valence-corrected chi connectivity index (χ1v) is 19.1. The average Bonchev–Trinajstić information content (AvgIpc) is 3.09. The van der Waals surface area contributed by atoms with Crippen LogP contribution in [0.2, 0.25) is 0 Å². The Kier molecular flexibility index (Phi) is 13.1. The van der Waals surface area contributed by atoms with Gasteiger partial charge < -0.3 is 30.4 Å². The molecule has 0 saturated heterocycles. The lowest BCUT2D eigenvalue weighted by Crippen LogP contribution is -2.44. The number of ether oxygens (including phenoxy) is 3. The van der Waals surface area contributed by atoms with E-state index in [0.717, 1.165) is 10.5 Å². The van der Waals surface area contributed by atoms with Crippen molar-refractivity contribution in [3.63, 3.8) is 0 Å². The second kappa shape index (κ2) is 17.2. The van der Waals surface area contributed by atoms with Crippen LogP contribution in [0.5, 0.6) is 0 Å². The Hall–Kier alpha value is -5.74. The molecule has 1 atom stereocenters. The van der Waals surface area contributed by atoms with Gasteiger partial charge in [0.15, 0.2) is 21.7 Å². The van der Waals surface area contributed by atoms with Gasteiger partial charge in [-0.3, -0.25) is 5.32 Å². The summed E-state index contributed by atoms with van der Waals surface area (Å²) in [6.45, 7) is 11.5. The topological polar surface area (TPSA) is 217 Å². The molecule has 0 saturated carbocycles. The number of carboxylic acid groups (broad SMARTS) is 1. The molecule has 4 rings (SSSR count). The monoisotopic (exact) mass is 777 g/mol. The third-order valence-corrected chi connectivity index (χ3v) is 9.67. The number of hydrogen-bond acceptors (Lipinski definition) is 12. The van der Waals surface area contributed by atoms with Crippen molar-refractivity contribution in [2.45, 2.75) is 83.6 Å². The van der Waals surface area contributed by atoms with Gasteiger partial charge in [0.25, 0.3) is 0 Å². The maximum absolute atomic E-state index is 13.3. The van der Waals surface area contributed by atoms with Crippen LogP contribution in [0, 0.1) is 0 Å². The number of nitrogens with two attached hydrogens (primary N) is 1. The normalized spacial score (nSPS) is 12.4. The number of amides is 3. The largest absolute Gasteiger partial charge is 0.479 e. The number of carboxylic acids is 1. The van der Waals surface area contributed by atoms with Gasteiger partial charge in [0.2, 0.25) is 0 Å². The molecule has 4 aromatic rings. The zero-order valence-electron chi connectivity index (χ0n) is 31.8. The molecule has 0 bridgehead atoms. The van der Waals surface area contributed by atoms with E-state index in [9.17, 15) is 32.7 Å². The number of fused-ring (bicyclic) bond motifs is 1. The van der Waals surface area contributed by atoms with Crippen molar-refractivity contribution in [2.75, 3.05) is 27.9 Å². The van der Waals surface area contributed by atoms with Crippen molar-refractivity contribution < 1.29 is 46.9 Å². The van der Waals surface area contributed by atoms with Gasteiger partial charge >= 0.3 is 24.2 Å². The van der Waals surface area contributed by atoms with Gasteiger partial charge in [-0.1, -0.05) is 31.2 Å². The highest BCUT2D eigenvalue weighted by Gasteiger charge is 2.34. The minimum absolute atomic E-state index is 0.0150. The van der Waals surface area contributed by atoms with Crippen LogP contribution in [0.4, 0.5) is 31.6 Å². The fourth-order valence-electron chi connectivity index (χ4n) is 5.31. The Morgan fingerprint density at radius 3 is 2.05 bits per heavy atom. The summed E-state index contributed by atoms with van der Waals surface area (Å²) < 4.78 is 40.9. The van der Waals surface area contributed by atoms with Crippen LogP contribution < -0.4 is 21.3 Å². The number of benzene rings is 3. The standard InChI is InChI=1S/C39H47N5O10S/c1-8-55(50,51)31-16-14-29(22-27(31)23-40)43-35(47)52-20-18-24-9-11-25(12-10-24)32(34(45)46)42-28-13-15-30-26(21-28)17-19-41-33(30)44(36(48)53-38(2,3)4)37(49)54-39(5,6)7/h9-17,19,21-22,32,42H,8,18,20,23,40H2,1-7H3,(H,43,47)(H,45,46). The van der Waals surface area contributed by atoms with E-state index in [1.165, 1.54) is 31.3 Å². The van der Waals surface area contributed by atoms with Crippen LogP contribution in [0.15, 0.2) is 77.8 Å². The number of carbonyl (C=O) groups is 4. The van der Waals surface area contributed by atoms with Crippen LogP contribution in [0.25, 0.3) is 10.8 Å². The molecule has 0 aliphatic carbocycles. The summed E-state index contributed by atoms with van der Waals surface area (Å²) in [5.41, 5.74) is 6.30. The van der Waals surface area contributed by atoms with Crippen LogP contribution in [0.1, 0.15) is 71.2 Å². The first-order valence-electron chi connectivity index (χ1n) is 17.4. The molecule has 1 aromatic heterocycles. The molecule has 16 heteroatoms. The molecule has 55 heavy (non-hydrogen) atoms. The van der Waals surface area contributed by atoms with E-state index >= 15 is 0 Å². The first-order chi connectivity index (χ1) is 25.7. The van der Waals surface area contributed by atoms with Crippen molar-refractivity contribution in [2.24, 2.45) is 5.73 Å². The van der Waals surface area contributed by atoms with Gasteiger partial charge in [-0.05, 0) is 106 Å². The third-order valence-electron chi connectivity index (χ3n) is 7.84. The number of hydrogen-bond donors (Lipinski definition) is 4. The molecule has 1 unspecified atom stereocenters. The molecular weight excluding hydrogens is 731 g/mol. The molecule has 3 aromatic carbocycles. The van der Waals surface area contributed by atoms with Crippen LogP contribution in [0.3, 0.4) is 0 Å². The molecule has 1 heterocycles. The average molecular weight is 778 g/mol. The highest BCUT2D eigenvalue weighted by Crippen LogP contribution is 2.31. The lowest BCUT2D eigenvalue weighted by molar-refractivity contribution is -0.138. The number of pyridine rings is 1. The maximum atomic E-state index is 13.3. The Morgan fingerprint density at radius 1 is 0.873 bits per heavy atom. The smallest absolute Gasteiger partial charge is 0.425 e. The van der Waals surface area contributed by atoms with Gasteiger partial charge in [-0.25, -0.2) is 32.6 Å². The number of imide groups is 1. The Balaban J connectivity index is 1.44. The number of anilines is 3. The predicted molar refractivity (Wildman–Crippen MR) is 208 cm³/mol. The zero-order valence-corrected chi connectivity index (χ0v) is 32.7. The molecular formula is C39H47N5O10S. The van der Waals surface area contributed by atoms with Gasteiger partial charge in [-0.2, -0.15) is 4.90 Å². The Bertz CT molecular complexity index is 2130. The number of carbonyl (C=O) groups excluding carboxylic acids is 3. The van der Waals surface area contributed by atoms with E-state index in [1.54, 1.807) is 90.1 Å². The molecule has 294 valence electrons. The molecule has 0 aliphatic heterocycles. The van der Waals surface area contributed by atoms with E-state index < -0.39 is 51.3 Å². The minimum Gasteiger partial charge on any atom is -0.479 e. The number of rotatable bonds is 12. The van der Waals surface area contributed by atoms with Crippen LogP contribution >= 0.6 is 0 Å². The van der Waals surface area contributed by atoms with E-state index in [2.05, 4.69) is 15.6 Å². The molecule has 15 nitrogen and oxygen atoms in total. The molecule has 0 aliphatic rings. The molecule has 0 fully saturated rings. The number of nitrogens with one attached hydrogen (secondary N) is 2. The summed E-state index contributed by atoms with van der Waals surface area (Å²) in [5, 5.41) is 16.7. The Labute approximate surface area is 320 Å². The van der Waals surface area contributed by atoms with E-state index in [-0.39, 0.29) is 29.6 Å². The summed E-state index contributed by atoms with van der Waals surface area (Å²) in [7, 11) is -3.48. The number of aliphatic carboxylic acids is 1. The van der Waals surface area contributed by atoms with Crippen molar-refractivity contribution in [3.8, 4) is 0 Å². The van der Waals surface area contributed by atoms with Gasteiger partial charge in [0, 0.05) is 35.9 Å². The van der Waals surface area contributed by atoms with Gasteiger partial charge in [0.1, 0.15) is 11.2 Å². The quantitative estimate of drug-likeness (QED) is 0.105. The molecule has 5 N–H and O–H groups in total. The number of aromatic nitrogens is 1. The highest BCUT2D eigenvalue weighted by atomic mass is 32.2. The third kappa shape index (κ3) is 11.4. The van der Waals surface area contributed by atoms with E-state index in [0.29, 0.717) is 39.7 Å². The second-order valence-corrected chi connectivity index (χ2v) is 16.7. The Morgan fingerprint density at radius 2 is 1.49 bits per heavy atom. The van der Waals surface area contributed by atoms with Crippen molar-refractivity contribution in [1.82, 2.24) is 4.98 Å². The summed E-state index contributed by atoms with van der Waals surface area (Å²) in [4.78, 5) is 56.5. The number of sulfone groups is 1. The predicted octanol–water partition coefficient (Wildman–Crippen LogP) is 7.19. The lowest BCUT2D eigenvalue weighted by atomic mass is 10.0. The first kappa shape index (κ1) is 42.0. The second-order valence-electron chi connectivity index (χ2n) is 14.5. The summed E-state index contributed by atoms with van der Waals surface area (Å²) in [6, 6.07) is 16.6. The summed E-state index contributed by atoms with van der Waals surface area (Å²) in [5.74, 6) is -1.23. The van der Waals surface area contributed by atoms with Crippen LogP contribution in [-0.2, 0) is 41.8 Å². The molecule has 0 radical (unpaired) electrons. The molecule has 0 spiro atoms. The lowest BCUT2D eigenvalue weighted by Gasteiger charge is -2.28. The van der Waals surface area contributed by atoms with Crippen LogP contribution in [-0.4, -0.2) is 66.3 Å². The fourth-order valence-corrected chi connectivity index (χ4v) is 6.44. The van der Waals surface area contributed by atoms with E-state index in [1.807, 2.05) is 0 Å². The van der Waals surface area contributed by atoms with Gasteiger partial charge in [-0.15, -0.1) is 0 Å². The number of nitrogens with zero attached hydrogens (tertiary/aromatic N) is 2. The van der Waals surface area contributed by atoms with E-state index in [4.69, 9.17) is 19.9 Å². The van der Waals surface area contributed by atoms with Crippen molar-refractivity contribution in [1.29, 1.82) is 0 Å². The summed E-state index contributed by atoms with van der Waals surface area (Å²) in [6.07, 6.45) is -0.916. The van der Waals surface area contributed by atoms with Crippen molar-refractivity contribution >= 4 is 62.1 Å². The molecule has 3 amide bonds. The highest BCUT2D eigenvalue weighted by molar-refractivity contribution is 7.91. The minimum atomic E-state index is -3.48. The zero-order chi connectivity index (χ0) is 40.7. The summed E-state index contributed by atoms with van der Waals surface area (Å²) >= 11 is 0. The maximum Gasteiger partial charge on any atom is 0.425 e. The SMILES string of the molecule is CCS(=O)(=O)c1ccc(NC(=O)OCCc2ccc(C(Nc3ccc4c(N(C(=O)OC(C)(C)C)C(=O)OC(C)(C)C)nccc4c3)C(=O)O)cc2)cc1CN.